The van der Waals surface area contributed by atoms with Crippen LogP contribution in [0.3, 0.4) is 0 Å². The van der Waals surface area contributed by atoms with Crippen molar-refractivity contribution in [2.45, 2.75) is 0 Å². The van der Waals surface area contributed by atoms with Crippen LogP contribution < -0.4 is 5.32 Å². The zero-order valence-corrected chi connectivity index (χ0v) is 5.54. The molecule has 0 aromatic rings. The highest BCUT2D eigenvalue weighted by atomic mass is 16.3. The first kappa shape index (κ1) is 12.0. The van der Waals surface area contributed by atoms with Gasteiger partial charge in [0, 0.05) is 13.1 Å². The lowest BCUT2D eigenvalue weighted by molar-refractivity contribution is -0.191. The van der Waals surface area contributed by atoms with Crippen molar-refractivity contribution in [3.63, 3.8) is 0 Å². The van der Waals surface area contributed by atoms with Gasteiger partial charge in [0.2, 0.25) is 0 Å². The summed E-state index contributed by atoms with van der Waals surface area (Å²) in [5.74, 6) is 0. The molecule has 0 aliphatic heterocycles. The number of rotatable bonds is 4. The first-order valence-corrected chi connectivity index (χ1v) is 2.75. The first-order chi connectivity index (χ1) is 4.83. The van der Waals surface area contributed by atoms with Gasteiger partial charge in [0.15, 0.2) is 0 Å². The number of aliphatic hydroxyl groups excluding tert-OH is 2. The number of hydrogen-bond acceptors (Lipinski definition) is 5. The van der Waals surface area contributed by atoms with Gasteiger partial charge in [-0.05, 0) is 0 Å². The van der Waals surface area contributed by atoms with E-state index in [1.54, 1.807) is 0 Å². The third-order valence-electron chi connectivity index (χ3n) is 0.577. The molecule has 0 rings (SSSR count). The molecule has 0 spiro atoms. The number of hydrogen-bond donors (Lipinski definition) is 3. The fourth-order valence-corrected chi connectivity index (χ4v) is 0.283. The molecule has 0 fully saturated rings. The van der Waals surface area contributed by atoms with Gasteiger partial charge in [0.05, 0.1) is 13.2 Å². The monoisotopic (exact) mass is 149 g/mol. The van der Waals surface area contributed by atoms with E-state index in [1.807, 2.05) is 0 Å². The molecule has 0 amide bonds. The molecule has 0 radical (unpaired) electrons. The van der Waals surface area contributed by atoms with Crippen LogP contribution >= 0.6 is 0 Å². The van der Waals surface area contributed by atoms with Gasteiger partial charge in [-0.3, -0.25) is 0 Å². The summed E-state index contributed by atoms with van der Waals surface area (Å²) >= 11 is 0. The minimum absolute atomic E-state index is 0.139. The van der Waals surface area contributed by atoms with Crippen LogP contribution in [0.1, 0.15) is 0 Å². The Balaban J connectivity index is 0. The molecule has 0 aromatic carbocycles. The average Bonchev–Trinajstić information content (AvgIpc) is 1.91. The summed E-state index contributed by atoms with van der Waals surface area (Å²) < 4.78 is 0. The summed E-state index contributed by atoms with van der Waals surface area (Å²) in [6.07, 6.45) is 0.250. The van der Waals surface area contributed by atoms with Crippen LogP contribution in [0.2, 0.25) is 0 Å². The van der Waals surface area contributed by atoms with E-state index in [4.69, 9.17) is 19.8 Å². The van der Waals surface area contributed by atoms with Gasteiger partial charge >= 0.3 is 6.15 Å². The minimum Gasteiger partial charge on any atom is -0.395 e. The molecule has 0 aliphatic rings. The fourth-order valence-electron chi connectivity index (χ4n) is 0.283. The standard InChI is InChI=1S/C4H11NO2.CO2/c6-3-1-5-2-4-7;2-1-3/h5-7H,1-4H2;. The van der Waals surface area contributed by atoms with Crippen molar-refractivity contribution in [3.8, 4) is 0 Å². The first-order valence-electron chi connectivity index (χ1n) is 2.75. The Morgan fingerprint density at radius 3 is 1.60 bits per heavy atom. The largest absolute Gasteiger partial charge is 0.395 e. The van der Waals surface area contributed by atoms with Crippen molar-refractivity contribution in [2.75, 3.05) is 26.3 Å². The predicted octanol–water partition coefficient (Wildman–Crippen LogP) is -2.02. The van der Waals surface area contributed by atoms with Gasteiger partial charge in [-0.2, -0.15) is 9.59 Å². The number of nitrogens with one attached hydrogen (secondary N) is 1. The summed E-state index contributed by atoms with van der Waals surface area (Å²) in [6, 6.07) is 0. The van der Waals surface area contributed by atoms with Crippen molar-refractivity contribution in [1.29, 1.82) is 0 Å². The van der Waals surface area contributed by atoms with E-state index in [9.17, 15) is 0 Å². The second-order valence-electron chi connectivity index (χ2n) is 1.28. The zero-order valence-electron chi connectivity index (χ0n) is 5.54. The van der Waals surface area contributed by atoms with Gasteiger partial charge in [-0.25, -0.2) is 0 Å². The summed E-state index contributed by atoms with van der Waals surface area (Å²) in [7, 11) is 0. The SMILES string of the molecule is O=C=O.OCCNCCO. The van der Waals surface area contributed by atoms with Crippen molar-refractivity contribution in [2.24, 2.45) is 0 Å². The lowest BCUT2D eigenvalue weighted by Crippen LogP contribution is -2.21. The van der Waals surface area contributed by atoms with Crippen LogP contribution in [0.4, 0.5) is 0 Å². The highest BCUT2D eigenvalue weighted by Gasteiger charge is 1.78. The molecule has 60 valence electrons. The van der Waals surface area contributed by atoms with Crippen LogP contribution in [-0.2, 0) is 9.59 Å². The molecule has 3 N–H and O–H groups in total. The van der Waals surface area contributed by atoms with Crippen molar-refractivity contribution >= 4 is 6.15 Å². The molecule has 0 unspecified atom stereocenters. The lowest BCUT2D eigenvalue weighted by Gasteiger charge is -1.94. The lowest BCUT2D eigenvalue weighted by atomic mass is 10.6. The average molecular weight is 149 g/mol. The summed E-state index contributed by atoms with van der Waals surface area (Å²) in [5, 5.41) is 19.1. The normalized spacial score (nSPS) is 7.40. The van der Waals surface area contributed by atoms with Crippen LogP contribution in [0.15, 0.2) is 0 Å². The third-order valence-corrected chi connectivity index (χ3v) is 0.577. The summed E-state index contributed by atoms with van der Waals surface area (Å²) in [6.45, 7) is 1.42. The molecule has 0 atom stereocenters. The molecule has 0 saturated carbocycles. The smallest absolute Gasteiger partial charge is 0.373 e. The van der Waals surface area contributed by atoms with Gasteiger partial charge in [0.25, 0.3) is 0 Å². The molecule has 0 bridgehead atoms. The highest BCUT2D eigenvalue weighted by molar-refractivity contribution is 5.20. The van der Waals surface area contributed by atoms with E-state index in [0.29, 0.717) is 13.1 Å². The molecule has 10 heavy (non-hydrogen) atoms. The zero-order chi connectivity index (χ0) is 8.24. The summed E-state index contributed by atoms with van der Waals surface area (Å²) in [4.78, 5) is 16.2. The van der Waals surface area contributed by atoms with E-state index < -0.39 is 0 Å². The van der Waals surface area contributed by atoms with Gasteiger partial charge in [-0.1, -0.05) is 0 Å². The maximum atomic E-state index is 8.15. The Bertz CT molecular complexity index is 75.7. The number of aliphatic hydroxyl groups is 2. The Hall–Kier alpha value is -0.740. The van der Waals surface area contributed by atoms with E-state index in [2.05, 4.69) is 5.32 Å². The van der Waals surface area contributed by atoms with E-state index >= 15 is 0 Å². The fraction of sp³-hybridized carbons (Fsp3) is 0.800. The van der Waals surface area contributed by atoms with Gasteiger partial charge < -0.3 is 15.5 Å². The van der Waals surface area contributed by atoms with Gasteiger partial charge in [-0.15, -0.1) is 0 Å². The van der Waals surface area contributed by atoms with Crippen molar-refractivity contribution < 1.29 is 19.8 Å². The van der Waals surface area contributed by atoms with Gasteiger partial charge in [0.1, 0.15) is 0 Å². The van der Waals surface area contributed by atoms with E-state index in [0.717, 1.165) is 0 Å². The Kier molecular flexibility index (Phi) is 18.9. The van der Waals surface area contributed by atoms with Crippen LogP contribution in [-0.4, -0.2) is 42.7 Å². The Morgan fingerprint density at radius 1 is 1.10 bits per heavy atom. The maximum absolute atomic E-state index is 8.15. The molecular weight excluding hydrogens is 138 g/mol. The van der Waals surface area contributed by atoms with Crippen molar-refractivity contribution in [1.82, 2.24) is 5.32 Å². The molecule has 0 saturated heterocycles. The second kappa shape index (κ2) is 15.7. The van der Waals surface area contributed by atoms with Crippen LogP contribution in [0, 0.1) is 0 Å². The molecule has 0 heterocycles. The molecule has 0 aliphatic carbocycles. The second-order valence-corrected chi connectivity index (χ2v) is 1.28. The predicted molar refractivity (Wildman–Crippen MR) is 32.0 cm³/mol. The van der Waals surface area contributed by atoms with Crippen LogP contribution in [0.5, 0.6) is 0 Å². The third kappa shape index (κ3) is 26.8. The molecule has 5 nitrogen and oxygen atoms in total. The molecule has 5 heteroatoms. The number of carbonyl (C=O) groups excluding carboxylic acids is 2. The Labute approximate surface area is 58.7 Å². The minimum atomic E-state index is 0.139. The summed E-state index contributed by atoms with van der Waals surface area (Å²) in [5.41, 5.74) is 0. The molecular formula is C5H11NO4. The highest BCUT2D eigenvalue weighted by Crippen LogP contribution is 1.54. The van der Waals surface area contributed by atoms with Crippen LogP contribution in [0.25, 0.3) is 0 Å². The quantitative estimate of drug-likeness (QED) is 0.401. The molecule has 0 aromatic heterocycles. The maximum Gasteiger partial charge on any atom is 0.373 e. The van der Waals surface area contributed by atoms with E-state index in [-0.39, 0.29) is 19.4 Å². The van der Waals surface area contributed by atoms with E-state index in [1.165, 1.54) is 0 Å². The Morgan fingerprint density at radius 2 is 1.40 bits per heavy atom. The van der Waals surface area contributed by atoms with Crippen molar-refractivity contribution in [3.05, 3.63) is 0 Å². The topological polar surface area (TPSA) is 86.6 Å².